The van der Waals surface area contributed by atoms with Crippen LogP contribution in [-0.4, -0.2) is 12.1 Å². The number of nitrogens with zero attached hydrogens (tertiary/aromatic N) is 1. The summed E-state index contributed by atoms with van der Waals surface area (Å²) in [5.41, 5.74) is 0.479. The highest BCUT2D eigenvalue weighted by Gasteiger charge is 2.22. The predicted octanol–water partition coefficient (Wildman–Crippen LogP) is 3.94. The molecule has 0 N–H and O–H groups in total. The summed E-state index contributed by atoms with van der Waals surface area (Å²) in [5, 5.41) is 0. The highest BCUT2D eigenvalue weighted by Crippen LogP contribution is 2.30. The van der Waals surface area contributed by atoms with E-state index in [0.717, 1.165) is 6.42 Å². The summed E-state index contributed by atoms with van der Waals surface area (Å²) >= 11 is 0. The van der Waals surface area contributed by atoms with Crippen LogP contribution < -0.4 is 4.74 Å². The highest BCUT2D eigenvalue weighted by molar-refractivity contribution is 5.28. The molecule has 1 rings (SSSR count). The molecule has 1 aromatic rings. The van der Waals surface area contributed by atoms with E-state index >= 15 is 0 Å². The number of rotatable bonds is 3. The van der Waals surface area contributed by atoms with Gasteiger partial charge in [-0.1, -0.05) is 34.6 Å². The van der Waals surface area contributed by atoms with Crippen molar-refractivity contribution in [3.8, 4) is 5.88 Å². The Morgan fingerprint density at radius 2 is 1.94 bits per heavy atom. The summed E-state index contributed by atoms with van der Waals surface area (Å²) in [4.78, 5) is 3.81. The second-order valence-corrected chi connectivity index (χ2v) is 3.94. The molecule has 0 aliphatic carbocycles. The zero-order valence-electron chi connectivity index (χ0n) is 11.1. The molecule has 3 heteroatoms. The van der Waals surface area contributed by atoms with Gasteiger partial charge in [0.1, 0.15) is 5.82 Å². The quantitative estimate of drug-likeness (QED) is 0.780. The molecule has 0 saturated carbocycles. The molecule has 0 saturated heterocycles. The number of aromatic nitrogens is 1. The lowest BCUT2D eigenvalue weighted by Crippen LogP contribution is -2.17. The molecule has 0 radical (unpaired) electrons. The van der Waals surface area contributed by atoms with Gasteiger partial charge in [0.15, 0.2) is 0 Å². The topological polar surface area (TPSA) is 22.1 Å². The van der Waals surface area contributed by atoms with Gasteiger partial charge in [-0.2, -0.15) is 0 Å². The van der Waals surface area contributed by atoms with Gasteiger partial charge in [0.25, 0.3) is 0 Å². The van der Waals surface area contributed by atoms with Crippen LogP contribution >= 0.6 is 0 Å². The van der Waals surface area contributed by atoms with Crippen molar-refractivity contribution >= 4 is 0 Å². The molecule has 0 bridgehead atoms. The molecule has 2 nitrogen and oxygen atoms in total. The van der Waals surface area contributed by atoms with Crippen LogP contribution in [0.15, 0.2) is 12.3 Å². The molecule has 1 heterocycles. The Kier molecular flexibility index (Phi) is 6.01. The molecule has 0 aliphatic heterocycles. The number of hydrogen-bond acceptors (Lipinski definition) is 2. The van der Waals surface area contributed by atoms with Crippen LogP contribution in [0.4, 0.5) is 4.39 Å². The van der Waals surface area contributed by atoms with Crippen LogP contribution in [0.1, 0.15) is 46.6 Å². The summed E-state index contributed by atoms with van der Waals surface area (Å²) in [5.74, 6) is 0.195. The minimum atomic E-state index is -0.266. The molecule has 0 aliphatic rings. The second kappa shape index (κ2) is 6.46. The first-order valence-corrected chi connectivity index (χ1v) is 5.71. The number of hydrogen-bond donors (Lipinski definition) is 0. The van der Waals surface area contributed by atoms with Gasteiger partial charge in [-0.25, -0.2) is 9.37 Å². The third kappa shape index (κ3) is 3.47. The van der Waals surface area contributed by atoms with Crippen LogP contribution in [-0.2, 0) is 5.41 Å². The molecule has 0 amide bonds. The SMILES string of the molecule is CC.CCC(C)(C)c1cc(OC)ncc1F. The van der Waals surface area contributed by atoms with Gasteiger partial charge < -0.3 is 4.74 Å². The lowest BCUT2D eigenvalue weighted by atomic mass is 9.82. The summed E-state index contributed by atoms with van der Waals surface area (Å²) in [6, 6.07) is 1.67. The van der Waals surface area contributed by atoms with Gasteiger partial charge in [-0.3, -0.25) is 0 Å². The van der Waals surface area contributed by atoms with Gasteiger partial charge in [0.05, 0.1) is 13.3 Å². The Balaban J connectivity index is 0.00000106. The standard InChI is InChI=1S/C11H16FNO.C2H6/c1-5-11(2,3)8-6-10(14-4)13-7-9(8)12;1-2/h6-7H,5H2,1-4H3;1-2H3. The maximum atomic E-state index is 13.5. The summed E-state index contributed by atoms with van der Waals surface area (Å²) in [7, 11) is 1.53. The second-order valence-electron chi connectivity index (χ2n) is 3.94. The molecular weight excluding hydrogens is 205 g/mol. The molecule has 1 aromatic heterocycles. The van der Waals surface area contributed by atoms with Crippen molar-refractivity contribution in [2.45, 2.75) is 46.5 Å². The van der Waals surface area contributed by atoms with Gasteiger partial charge >= 0.3 is 0 Å². The monoisotopic (exact) mass is 227 g/mol. The van der Waals surface area contributed by atoms with E-state index in [1.807, 2.05) is 34.6 Å². The fourth-order valence-electron chi connectivity index (χ4n) is 1.24. The molecule has 0 fully saturated rings. The Bertz CT molecular complexity index is 324. The van der Waals surface area contributed by atoms with Crippen molar-refractivity contribution in [2.24, 2.45) is 0 Å². The van der Waals surface area contributed by atoms with Crippen molar-refractivity contribution in [3.05, 3.63) is 23.6 Å². The van der Waals surface area contributed by atoms with E-state index in [0.29, 0.717) is 11.4 Å². The molecule has 16 heavy (non-hydrogen) atoms. The lowest BCUT2D eigenvalue weighted by Gasteiger charge is -2.23. The summed E-state index contributed by atoms with van der Waals surface area (Å²) in [6.07, 6.45) is 2.09. The number of ether oxygens (including phenoxy) is 1. The maximum absolute atomic E-state index is 13.5. The van der Waals surface area contributed by atoms with E-state index in [1.165, 1.54) is 13.3 Å². The third-order valence-corrected chi connectivity index (χ3v) is 2.65. The fourth-order valence-corrected chi connectivity index (χ4v) is 1.24. The van der Waals surface area contributed by atoms with Crippen molar-refractivity contribution < 1.29 is 9.13 Å². The minimum Gasteiger partial charge on any atom is -0.481 e. The molecule has 0 spiro atoms. The average Bonchev–Trinajstić information content (AvgIpc) is 2.32. The normalized spacial score (nSPS) is 10.4. The van der Waals surface area contributed by atoms with E-state index in [4.69, 9.17) is 4.74 Å². The van der Waals surface area contributed by atoms with Crippen molar-refractivity contribution in [3.63, 3.8) is 0 Å². The first kappa shape index (κ1) is 14.9. The first-order valence-electron chi connectivity index (χ1n) is 5.71. The smallest absolute Gasteiger partial charge is 0.213 e. The van der Waals surface area contributed by atoms with Crippen LogP contribution in [0.2, 0.25) is 0 Å². The van der Waals surface area contributed by atoms with Crippen molar-refractivity contribution in [1.82, 2.24) is 4.98 Å². The number of halogens is 1. The largest absolute Gasteiger partial charge is 0.481 e. The maximum Gasteiger partial charge on any atom is 0.213 e. The Labute approximate surface area is 97.9 Å². The van der Waals surface area contributed by atoms with Gasteiger partial charge in [0, 0.05) is 11.6 Å². The van der Waals surface area contributed by atoms with Crippen LogP contribution in [0.3, 0.4) is 0 Å². The fraction of sp³-hybridized carbons (Fsp3) is 0.615. The number of methoxy groups -OCH3 is 1. The summed E-state index contributed by atoms with van der Waals surface area (Å²) in [6.45, 7) is 10.0. The average molecular weight is 227 g/mol. The molecule has 0 unspecified atom stereocenters. The highest BCUT2D eigenvalue weighted by atomic mass is 19.1. The van der Waals surface area contributed by atoms with E-state index in [1.54, 1.807) is 6.07 Å². The third-order valence-electron chi connectivity index (χ3n) is 2.65. The van der Waals surface area contributed by atoms with E-state index in [2.05, 4.69) is 4.98 Å². The van der Waals surface area contributed by atoms with Crippen molar-refractivity contribution in [1.29, 1.82) is 0 Å². The first-order chi connectivity index (χ1) is 7.51. The Morgan fingerprint density at radius 1 is 1.38 bits per heavy atom. The zero-order chi connectivity index (χ0) is 12.8. The molecule has 0 aromatic carbocycles. The Morgan fingerprint density at radius 3 is 2.38 bits per heavy atom. The predicted molar refractivity (Wildman–Crippen MR) is 65.4 cm³/mol. The van der Waals surface area contributed by atoms with E-state index in [9.17, 15) is 4.39 Å². The molecule has 0 atom stereocenters. The van der Waals surface area contributed by atoms with Gasteiger partial charge in [0.2, 0.25) is 5.88 Å². The Hall–Kier alpha value is -1.12. The van der Waals surface area contributed by atoms with Crippen LogP contribution in [0.25, 0.3) is 0 Å². The minimum absolute atomic E-state index is 0.180. The van der Waals surface area contributed by atoms with Gasteiger partial charge in [-0.05, 0) is 11.8 Å². The van der Waals surface area contributed by atoms with Gasteiger partial charge in [-0.15, -0.1) is 0 Å². The molecule has 92 valence electrons. The number of pyridine rings is 1. The molecular formula is C13H22FNO. The summed E-state index contributed by atoms with van der Waals surface area (Å²) < 4.78 is 18.4. The lowest BCUT2D eigenvalue weighted by molar-refractivity contribution is 0.388. The van der Waals surface area contributed by atoms with Crippen molar-refractivity contribution in [2.75, 3.05) is 7.11 Å². The van der Waals surface area contributed by atoms with Crippen LogP contribution in [0.5, 0.6) is 5.88 Å². The van der Waals surface area contributed by atoms with Crippen LogP contribution in [0, 0.1) is 5.82 Å². The van der Waals surface area contributed by atoms with E-state index < -0.39 is 0 Å². The van der Waals surface area contributed by atoms with E-state index in [-0.39, 0.29) is 11.2 Å². The zero-order valence-corrected chi connectivity index (χ0v) is 11.1.